The molecule has 1 aliphatic rings. The molecule has 0 radical (unpaired) electrons. The second-order valence-electron chi connectivity index (χ2n) is 7.33. The van der Waals surface area contributed by atoms with E-state index in [-0.39, 0.29) is 12.6 Å². The van der Waals surface area contributed by atoms with Gasteiger partial charge in [-0.25, -0.2) is 4.79 Å². The summed E-state index contributed by atoms with van der Waals surface area (Å²) in [4.78, 5) is 12.4. The Bertz CT molecular complexity index is 959. The molecule has 1 fully saturated rings. The summed E-state index contributed by atoms with van der Waals surface area (Å²) in [7, 11) is 0. The molecule has 0 N–H and O–H groups in total. The van der Waals surface area contributed by atoms with Gasteiger partial charge in [0.25, 0.3) is 0 Å². The highest BCUT2D eigenvalue weighted by atomic mass is 16.6. The molecule has 0 saturated heterocycles. The van der Waals surface area contributed by atoms with E-state index >= 15 is 0 Å². The number of hydrogen-bond acceptors (Lipinski definition) is 6. The molecule has 0 atom stereocenters. The summed E-state index contributed by atoms with van der Waals surface area (Å²) in [6.07, 6.45) is 3.28. The molecule has 6 heteroatoms. The lowest BCUT2D eigenvalue weighted by Crippen LogP contribution is -2.43. The van der Waals surface area contributed by atoms with Crippen molar-refractivity contribution in [2.75, 3.05) is 6.61 Å². The Morgan fingerprint density at radius 2 is 1.73 bits per heavy atom. The third kappa shape index (κ3) is 4.48. The van der Waals surface area contributed by atoms with Gasteiger partial charge in [0, 0.05) is 11.6 Å². The molecule has 0 amide bonds. The average molecular weight is 407 g/mol. The molecular formula is C24H25NO5. The van der Waals surface area contributed by atoms with Gasteiger partial charge in [0.15, 0.2) is 5.76 Å². The van der Waals surface area contributed by atoms with Gasteiger partial charge in [-0.05, 0) is 56.9 Å². The Morgan fingerprint density at radius 1 is 1.03 bits per heavy atom. The van der Waals surface area contributed by atoms with Gasteiger partial charge in [-0.1, -0.05) is 35.5 Å². The largest absolute Gasteiger partial charge is 0.486 e. The van der Waals surface area contributed by atoms with E-state index in [2.05, 4.69) is 5.16 Å². The van der Waals surface area contributed by atoms with E-state index in [1.54, 1.807) is 0 Å². The van der Waals surface area contributed by atoms with Gasteiger partial charge in [-0.2, -0.15) is 0 Å². The predicted octanol–water partition coefficient (Wildman–Crippen LogP) is 5.18. The van der Waals surface area contributed by atoms with Crippen LogP contribution in [0, 0.1) is 0 Å². The van der Waals surface area contributed by atoms with E-state index in [4.69, 9.17) is 18.7 Å². The average Bonchev–Trinajstić information content (AvgIpc) is 3.45. The summed E-state index contributed by atoms with van der Waals surface area (Å²) in [5, 5.41) is 4.09. The lowest BCUT2D eigenvalue weighted by Gasteiger charge is -2.27. The topological polar surface area (TPSA) is 70.8 Å². The second kappa shape index (κ2) is 9.03. The molecule has 156 valence electrons. The fourth-order valence-corrected chi connectivity index (χ4v) is 3.67. The molecule has 3 aromatic rings. The standard InChI is InChI=1S/C24H25NO5/c1-2-27-23(26)24(14-6-7-15-24)29-20-12-10-19(11-13-20)28-17-21-16-22(25-30-21)18-8-4-3-5-9-18/h3-5,8-13,16H,2,6-7,14-15,17H2,1H3. The molecular weight excluding hydrogens is 382 g/mol. The second-order valence-corrected chi connectivity index (χ2v) is 7.33. The van der Waals surface area contributed by atoms with Crippen LogP contribution in [0.25, 0.3) is 11.3 Å². The Balaban J connectivity index is 1.36. The summed E-state index contributed by atoms with van der Waals surface area (Å²) in [5.74, 6) is 1.67. The van der Waals surface area contributed by atoms with Crippen LogP contribution in [0.3, 0.4) is 0 Å². The van der Waals surface area contributed by atoms with Crippen molar-refractivity contribution < 1.29 is 23.5 Å². The van der Waals surface area contributed by atoms with Crippen LogP contribution in [0.2, 0.25) is 0 Å². The van der Waals surface area contributed by atoms with Crippen LogP contribution in [-0.2, 0) is 16.1 Å². The molecule has 0 aliphatic heterocycles. The summed E-state index contributed by atoms with van der Waals surface area (Å²) in [6.45, 7) is 2.43. The number of esters is 1. The quantitative estimate of drug-likeness (QED) is 0.480. The van der Waals surface area contributed by atoms with Gasteiger partial charge < -0.3 is 18.7 Å². The zero-order chi connectivity index (χ0) is 20.8. The van der Waals surface area contributed by atoms with Gasteiger partial charge >= 0.3 is 5.97 Å². The third-order valence-corrected chi connectivity index (χ3v) is 5.21. The van der Waals surface area contributed by atoms with Crippen molar-refractivity contribution in [3.05, 3.63) is 66.4 Å². The van der Waals surface area contributed by atoms with Gasteiger partial charge in [0.05, 0.1) is 6.61 Å². The summed E-state index contributed by atoms with van der Waals surface area (Å²) in [6, 6.07) is 19.0. The first kappa shape index (κ1) is 20.0. The molecule has 1 aromatic heterocycles. The number of rotatable bonds is 8. The van der Waals surface area contributed by atoms with Crippen LogP contribution < -0.4 is 9.47 Å². The molecule has 2 aromatic carbocycles. The molecule has 1 heterocycles. The smallest absolute Gasteiger partial charge is 0.350 e. The van der Waals surface area contributed by atoms with Gasteiger partial charge in [-0.3, -0.25) is 0 Å². The molecule has 6 nitrogen and oxygen atoms in total. The molecule has 0 unspecified atom stereocenters. The van der Waals surface area contributed by atoms with Crippen molar-refractivity contribution >= 4 is 5.97 Å². The third-order valence-electron chi connectivity index (χ3n) is 5.21. The van der Waals surface area contributed by atoms with Crippen LogP contribution in [-0.4, -0.2) is 23.3 Å². The number of hydrogen-bond donors (Lipinski definition) is 0. The van der Waals surface area contributed by atoms with E-state index in [0.717, 1.165) is 24.1 Å². The van der Waals surface area contributed by atoms with E-state index < -0.39 is 5.60 Å². The van der Waals surface area contributed by atoms with Crippen LogP contribution in [0.4, 0.5) is 0 Å². The summed E-state index contributed by atoms with van der Waals surface area (Å²) < 4.78 is 22.5. The van der Waals surface area contributed by atoms with Gasteiger partial charge in [0.1, 0.15) is 23.8 Å². The Kier molecular flexibility index (Phi) is 6.02. The first-order chi connectivity index (χ1) is 14.7. The van der Waals surface area contributed by atoms with Crippen LogP contribution in [0.1, 0.15) is 38.4 Å². The first-order valence-corrected chi connectivity index (χ1v) is 10.3. The highest BCUT2D eigenvalue weighted by molar-refractivity contribution is 5.80. The number of benzene rings is 2. The van der Waals surface area contributed by atoms with E-state index in [9.17, 15) is 4.79 Å². The highest BCUT2D eigenvalue weighted by Crippen LogP contribution is 2.36. The van der Waals surface area contributed by atoms with Crippen LogP contribution in [0.15, 0.2) is 65.2 Å². The molecule has 30 heavy (non-hydrogen) atoms. The van der Waals surface area contributed by atoms with E-state index in [0.29, 0.717) is 36.7 Å². The van der Waals surface area contributed by atoms with Crippen molar-refractivity contribution in [2.24, 2.45) is 0 Å². The van der Waals surface area contributed by atoms with E-state index in [1.807, 2.05) is 67.6 Å². The number of carbonyl (C=O) groups excluding carboxylic acids is 1. The zero-order valence-electron chi connectivity index (χ0n) is 17.0. The Hall–Kier alpha value is -3.28. The van der Waals surface area contributed by atoms with Crippen molar-refractivity contribution in [2.45, 2.75) is 44.8 Å². The van der Waals surface area contributed by atoms with Crippen molar-refractivity contribution in [3.63, 3.8) is 0 Å². The normalized spacial score (nSPS) is 15.0. The Labute approximate surface area is 175 Å². The predicted molar refractivity (Wildman–Crippen MR) is 111 cm³/mol. The SMILES string of the molecule is CCOC(=O)C1(Oc2ccc(OCc3cc(-c4ccccc4)no3)cc2)CCCC1. The molecule has 4 rings (SSSR count). The minimum absolute atomic E-state index is 0.271. The maximum absolute atomic E-state index is 12.4. The molecule has 0 spiro atoms. The zero-order valence-corrected chi connectivity index (χ0v) is 17.0. The number of aromatic nitrogens is 1. The maximum atomic E-state index is 12.4. The summed E-state index contributed by atoms with van der Waals surface area (Å²) in [5.41, 5.74) is 0.904. The van der Waals surface area contributed by atoms with E-state index in [1.165, 1.54) is 0 Å². The number of nitrogens with zero attached hydrogens (tertiary/aromatic N) is 1. The van der Waals surface area contributed by atoms with Crippen LogP contribution >= 0.6 is 0 Å². The van der Waals surface area contributed by atoms with Crippen LogP contribution in [0.5, 0.6) is 11.5 Å². The minimum atomic E-state index is -0.869. The fraction of sp³-hybridized carbons (Fsp3) is 0.333. The summed E-state index contributed by atoms with van der Waals surface area (Å²) >= 11 is 0. The monoisotopic (exact) mass is 407 g/mol. The lowest BCUT2D eigenvalue weighted by atomic mass is 10.0. The molecule has 0 bridgehead atoms. The van der Waals surface area contributed by atoms with Gasteiger partial charge in [0.2, 0.25) is 5.60 Å². The van der Waals surface area contributed by atoms with Gasteiger partial charge in [-0.15, -0.1) is 0 Å². The highest BCUT2D eigenvalue weighted by Gasteiger charge is 2.45. The molecule has 1 aliphatic carbocycles. The van der Waals surface area contributed by atoms with Crippen molar-refractivity contribution in [3.8, 4) is 22.8 Å². The first-order valence-electron chi connectivity index (χ1n) is 10.3. The number of ether oxygens (including phenoxy) is 3. The maximum Gasteiger partial charge on any atom is 0.350 e. The number of carbonyl (C=O) groups is 1. The van der Waals surface area contributed by atoms with Crippen molar-refractivity contribution in [1.29, 1.82) is 0 Å². The Morgan fingerprint density at radius 3 is 2.43 bits per heavy atom. The lowest BCUT2D eigenvalue weighted by molar-refractivity contribution is -0.161. The van der Waals surface area contributed by atoms with Crippen molar-refractivity contribution in [1.82, 2.24) is 5.16 Å². The minimum Gasteiger partial charge on any atom is -0.486 e. The fourth-order valence-electron chi connectivity index (χ4n) is 3.67. The molecule has 1 saturated carbocycles.